The highest BCUT2D eigenvalue weighted by Gasteiger charge is 2.50. The van der Waals surface area contributed by atoms with Crippen molar-refractivity contribution in [1.29, 1.82) is 0 Å². The van der Waals surface area contributed by atoms with Gasteiger partial charge in [0.2, 0.25) is 5.91 Å². The number of amides is 1. The summed E-state index contributed by atoms with van der Waals surface area (Å²) in [6.07, 6.45) is -0.751. The molecule has 0 radical (unpaired) electrons. The number of nitro groups is 1. The monoisotopic (exact) mass is 478 g/mol. The Kier molecular flexibility index (Phi) is 8.18. The highest BCUT2D eigenvalue weighted by molar-refractivity contribution is 6.74. The molecule has 0 spiro atoms. The molecule has 10 heteroatoms. The maximum atomic E-state index is 12.7. The van der Waals surface area contributed by atoms with Gasteiger partial charge in [0.05, 0.1) is 23.0 Å². The third kappa shape index (κ3) is 6.48. The van der Waals surface area contributed by atoms with Crippen LogP contribution in [0.5, 0.6) is 0 Å². The minimum Gasteiger partial charge on any atom is -0.460 e. The maximum Gasteiger partial charge on any atom is 0.313 e. The molecule has 1 aliphatic heterocycles. The third-order valence-corrected chi connectivity index (χ3v) is 11.3. The Morgan fingerprint density at radius 3 is 2.24 bits per heavy atom. The van der Waals surface area contributed by atoms with Crippen molar-refractivity contribution >= 4 is 31.7 Å². The smallest absolute Gasteiger partial charge is 0.313 e. The molecule has 4 atom stereocenters. The number of hydrogen-bond donors (Lipinski definition) is 1. The lowest BCUT2D eigenvalue weighted by molar-refractivity contribution is -0.384. The first-order chi connectivity index (χ1) is 15.1. The van der Waals surface area contributed by atoms with Crippen molar-refractivity contribution in [2.75, 3.05) is 0 Å². The molecule has 0 unspecified atom stereocenters. The largest absolute Gasteiger partial charge is 0.460 e. The van der Waals surface area contributed by atoms with Crippen LogP contribution in [0.2, 0.25) is 18.1 Å². The lowest BCUT2D eigenvalue weighted by Crippen LogP contribution is -2.66. The molecule has 9 nitrogen and oxygen atoms in total. The summed E-state index contributed by atoms with van der Waals surface area (Å²) in [6, 6.07) is 5.24. The van der Waals surface area contributed by atoms with E-state index in [2.05, 4.69) is 39.2 Å². The summed E-state index contributed by atoms with van der Waals surface area (Å²) in [6.45, 7) is 14.1. The Hall–Kier alpha value is -2.59. The van der Waals surface area contributed by atoms with Gasteiger partial charge in [-0.15, -0.1) is 0 Å². The highest BCUT2D eigenvalue weighted by atomic mass is 28.4. The molecule has 182 valence electrons. The van der Waals surface area contributed by atoms with Crippen LogP contribution >= 0.6 is 0 Å². The van der Waals surface area contributed by atoms with Crippen molar-refractivity contribution in [3.05, 3.63) is 39.9 Å². The van der Waals surface area contributed by atoms with Gasteiger partial charge < -0.3 is 14.5 Å². The number of rotatable bonds is 10. The van der Waals surface area contributed by atoms with Gasteiger partial charge in [-0.05, 0) is 42.8 Å². The molecule has 1 saturated heterocycles. The summed E-state index contributed by atoms with van der Waals surface area (Å²) < 4.78 is 11.5. The molecule has 1 amide bonds. The predicted octanol–water partition coefficient (Wildman–Crippen LogP) is 3.76. The molecule has 2 rings (SSSR count). The van der Waals surface area contributed by atoms with Gasteiger partial charge in [0.25, 0.3) is 5.69 Å². The number of carbonyl (C=O) groups is 3. The van der Waals surface area contributed by atoms with E-state index in [4.69, 9.17) is 9.16 Å². The number of hydrogen-bond acceptors (Lipinski definition) is 7. The number of benzene rings is 1. The standard InChI is InChI=1S/C23H34N2O7Si/c1-14(21-20(22(28)24-21)15(2)32-33(6,7)23(3,4)5)18(26)12-19(27)31-13-16-8-10-17(11-9-16)25(29)30/h8-11,14-15,20-21H,12-13H2,1-7H3,(H,24,28)/t14-,15-,20+,21+/m0/s1. The number of ketones is 1. The zero-order valence-electron chi connectivity index (χ0n) is 20.3. The lowest BCUT2D eigenvalue weighted by Gasteiger charge is -2.46. The van der Waals surface area contributed by atoms with Crippen molar-refractivity contribution in [2.45, 2.75) is 77.9 Å². The van der Waals surface area contributed by atoms with Gasteiger partial charge in [-0.1, -0.05) is 27.7 Å². The van der Waals surface area contributed by atoms with Crippen LogP contribution in [0, 0.1) is 22.0 Å². The van der Waals surface area contributed by atoms with E-state index in [-0.39, 0.29) is 35.1 Å². The molecule has 1 heterocycles. The van der Waals surface area contributed by atoms with Gasteiger partial charge >= 0.3 is 5.97 Å². The first-order valence-electron chi connectivity index (χ1n) is 11.0. The van der Waals surface area contributed by atoms with Gasteiger partial charge in [-0.2, -0.15) is 0 Å². The van der Waals surface area contributed by atoms with Crippen LogP contribution < -0.4 is 5.32 Å². The second kappa shape index (κ2) is 10.1. The molecule has 0 aliphatic carbocycles. The minimum atomic E-state index is -2.09. The Labute approximate surface area is 195 Å². The van der Waals surface area contributed by atoms with E-state index in [1.54, 1.807) is 6.92 Å². The van der Waals surface area contributed by atoms with Gasteiger partial charge in [0.15, 0.2) is 8.32 Å². The van der Waals surface area contributed by atoms with E-state index < -0.39 is 43.5 Å². The van der Waals surface area contributed by atoms with Crippen LogP contribution in [-0.4, -0.2) is 43.0 Å². The van der Waals surface area contributed by atoms with Crippen LogP contribution in [0.3, 0.4) is 0 Å². The first kappa shape index (κ1) is 26.7. The van der Waals surface area contributed by atoms with Gasteiger partial charge in [0.1, 0.15) is 18.8 Å². The van der Waals surface area contributed by atoms with Gasteiger partial charge in [0, 0.05) is 18.1 Å². The average Bonchev–Trinajstić information content (AvgIpc) is 2.68. The van der Waals surface area contributed by atoms with Crippen LogP contribution in [-0.2, 0) is 30.2 Å². The molecule has 0 saturated carbocycles. The fourth-order valence-corrected chi connectivity index (χ4v) is 4.93. The maximum absolute atomic E-state index is 12.7. The minimum absolute atomic E-state index is 0.00809. The summed E-state index contributed by atoms with van der Waals surface area (Å²) >= 11 is 0. The number of esters is 1. The molecular weight excluding hydrogens is 444 g/mol. The fourth-order valence-electron chi connectivity index (χ4n) is 3.51. The van der Waals surface area contributed by atoms with Crippen LogP contribution in [0.4, 0.5) is 5.69 Å². The SMILES string of the molecule is C[C@H](O[Si](C)(C)C(C)(C)C)[C@H]1C(=O)N[C@@H]1[C@@H](C)C(=O)CC(=O)OCc1ccc([N+](=O)[O-])cc1. The van der Waals surface area contributed by atoms with E-state index in [0.717, 1.165) is 0 Å². The number of carbonyl (C=O) groups excluding carboxylic acids is 3. The second-order valence-corrected chi connectivity index (χ2v) is 14.9. The number of ether oxygens (including phenoxy) is 1. The second-order valence-electron chi connectivity index (χ2n) is 10.2. The van der Waals surface area contributed by atoms with E-state index >= 15 is 0 Å². The number of nitrogens with zero attached hydrogens (tertiary/aromatic N) is 1. The Morgan fingerprint density at radius 1 is 1.18 bits per heavy atom. The number of Topliss-reactive ketones (excluding diaryl/α,β-unsaturated/α-hetero) is 1. The molecule has 0 bridgehead atoms. The van der Waals surface area contributed by atoms with Crippen LogP contribution in [0.25, 0.3) is 0 Å². The number of non-ortho nitro benzene ring substituents is 1. The molecule has 1 fully saturated rings. The Bertz CT molecular complexity index is 908. The predicted molar refractivity (Wildman–Crippen MR) is 125 cm³/mol. The van der Waals surface area contributed by atoms with Crippen molar-refractivity contribution in [3.8, 4) is 0 Å². The Morgan fingerprint density at radius 2 is 1.76 bits per heavy atom. The Balaban J connectivity index is 1.90. The van der Waals surface area contributed by atoms with Crippen molar-refractivity contribution in [1.82, 2.24) is 5.32 Å². The van der Waals surface area contributed by atoms with Crippen LogP contribution in [0.1, 0.15) is 46.6 Å². The zero-order chi connectivity index (χ0) is 25.1. The third-order valence-electron chi connectivity index (χ3n) is 6.70. The van der Waals surface area contributed by atoms with E-state index in [0.29, 0.717) is 5.56 Å². The molecule has 1 aliphatic rings. The lowest BCUT2D eigenvalue weighted by atomic mass is 9.77. The molecular formula is C23H34N2O7Si. The fraction of sp³-hybridized carbons (Fsp3) is 0.609. The molecule has 1 aromatic rings. The molecule has 1 aromatic carbocycles. The summed E-state index contributed by atoms with van der Waals surface area (Å²) in [5, 5.41) is 13.5. The summed E-state index contributed by atoms with van der Waals surface area (Å²) in [5.74, 6) is -2.16. The van der Waals surface area contributed by atoms with E-state index in [1.807, 2.05) is 6.92 Å². The molecule has 1 N–H and O–H groups in total. The molecule has 0 aromatic heterocycles. The summed E-state index contributed by atoms with van der Waals surface area (Å²) in [4.78, 5) is 47.3. The zero-order valence-corrected chi connectivity index (χ0v) is 21.3. The van der Waals surface area contributed by atoms with E-state index in [1.165, 1.54) is 24.3 Å². The van der Waals surface area contributed by atoms with Crippen LogP contribution in [0.15, 0.2) is 24.3 Å². The summed E-state index contributed by atoms with van der Waals surface area (Å²) in [5.41, 5.74) is 0.523. The van der Waals surface area contributed by atoms with Crippen molar-refractivity contribution in [3.63, 3.8) is 0 Å². The van der Waals surface area contributed by atoms with Crippen molar-refractivity contribution in [2.24, 2.45) is 11.8 Å². The average molecular weight is 479 g/mol. The summed E-state index contributed by atoms with van der Waals surface area (Å²) in [7, 11) is -2.09. The topological polar surface area (TPSA) is 125 Å². The highest BCUT2D eigenvalue weighted by Crippen LogP contribution is 2.39. The number of nitro benzene ring substituents is 1. The number of nitrogens with one attached hydrogen (secondary N) is 1. The normalized spacial score (nSPS) is 20.3. The van der Waals surface area contributed by atoms with E-state index in [9.17, 15) is 24.5 Å². The molecule has 33 heavy (non-hydrogen) atoms. The van der Waals surface area contributed by atoms with Crippen molar-refractivity contribution < 1.29 is 28.5 Å². The quantitative estimate of drug-likeness (QED) is 0.136. The number of β-lactam (4-membered cyclic amide) rings is 1. The first-order valence-corrected chi connectivity index (χ1v) is 13.9. The van der Waals surface area contributed by atoms with Gasteiger partial charge in [-0.25, -0.2) is 0 Å². The van der Waals surface area contributed by atoms with Gasteiger partial charge in [-0.3, -0.25) is 24.5 Å².